The number of phosphoric ester groups is 2. The van der Waals surface area contributed by atoms with Crippen molar-refractivity contribution in [2.24, 2.45) is 0 Å². The quantitative estimate of drug-likeness (QED) is 0.0169. The standard InChI is InChI=1S/C81H132O17P2/c1-5-9-13-17-21-25-29-33-35-36-37-38-40-44-46-50-54-58-62-66-79(84)92-72-77(98-81(86)68-64-60-56-52-48-42-32-28-24-20-16-12-8-4)74-96-100(89,90)94-70-75(82)69-93-99(87,88)95-73-76(97-80(85)67-63-59-55-51-47-41-31-27-23-19-15-11-7-3)71-91-78(83)65-61-57-53-49-45-43-39-34-30-26-22-18-14-10-6-2/h9-10,13-15,19,21-22,25-28,31-35,37-39,44-46,49,57,61,75-77,82H,5-8,11-12,16-18,20,23-24,29-30,36,40-43,47-48,50-56,58-60,62-74H2,1-4H3,(H,87,88)(H,89,90)/b13-9-,14-10-,19-15-,25-21-,26-22-,31-27-,32-28-,35-33-,38-37-,39-34-,46-44-,49-45-,61-57-. The highest BCUT2D eigenvalue weighted by Crippen LogP contribution is 2.45. The first-order valence-corrected chi connectivity index (χ1v) is 40.7. The van der Waals surface area contributed by atoms with Crippen molar-refractivity contribution in [2.45, 2.75) is 290 Å². The van der Waals surface area contributed by atoms with E-state index in [1.165, 1.54) is 25.7 Å². The molecule has 0 saturated heterocycles. The molecule has 0 aromatic carbocycles. The van der Waals surface area contributed by atoms with Crippen LogP contribution in [0.3, 0.4) is 0 Å². The fourth-order valence-electron chi connectivity index (χ4n) is 9.29. The van der Waals surface area contributed by atoms with Gasteiger partial charge in [0.2, 0.25) is 0 Å². The van der Waals surface area contributed by atoms with Gasteiger partial charge in [-0.3, -0.25) is 37.3 Å². The zero-order chi connectivity index (χ0) is 73.2. The first-order valence-electron chi connectivity index (χ1n) is 37.7. The normalized spacial score (nSPS) is 14.8. The van der Waals surface area contributed by atoms with E-state index in [9.17, 15) is 43.2 Å². The smallest absolute Gasteiger partial charge is 0.462 e. The van der Waals surface area contributed by atoms with Gasteiger partial charge in [-0.15, -0.1) is 0 Å². The summed E-state index contributed by atoms with van der Waals surface area (Å²) < 4.78 is 68.3. The topological polar surface area (TPSA) is 237 Å². The first-order chi connectivity index (χ1) is 48.7. The lowest BCUT2D eigenvalue weighted by Crippen LogP contribution is -2.30. The average Bonchev–Trinajstić information content (AvgIpc) is 0.935. The fourth-order valence-corrected chi connectivity index (χ4v) is 10.9. The number of phosphoric acid groups is 2. The number of rotatable bonds is 69. The molecule has 19 heteroatoms. The highest BCUT2D eigenvalue weighted by molar-refractivity contribution is 7.47. The van der Waals surface area contributed by atoms with E-state index >= 15 is 0 Å². The number of esters is 4. The van der Waals surface area contributed by atoms with Crippen LogP contribution in [0.25, 0.3) is 0 Å². The SMILES string of the molecule is CC/C=C\C/C=C\C/C=C\C/C=C\C/C=C\CCCCCC(=O)OCC(COP(=O)(O)OCC(O)COP(=O)(O)OCC(COC(=O)C/C=C\C/C=C\C/C=C\C/C=C\C/C=C\CC)OC(=O)CCCCCCC/C=C\C/C=C\CCC)OC(=O)CCCCCCC/C=C\CCCCCC. The number of allylic oxidation sites excluding steroid dienone is 25. The Morgan fingerprint density at radius 3 is 0.950 bits per heavy atom. The summed E-state index contributed by atoms with van der Waals surface area (Å²) >= 11 is 0. The Morgan fingerprint density at radius 1 is 0.300 bits per heavy atom. The van der Waals surface area contributed by atoms with Crippen LogP contribution in [-0.4, -0.2) is 96.7 Å². The summed E-state index contributed by atoms with van der Waals surface area (Å²) in [7, 11) is -10.00. The van der Waals surface area contributed by atoms with Crippen LogP contribution in [0.4, 0.5) is 0 Å². The summed E-state index contributed by atoms with van der Waals surface area (Å²) in [6.45, 7) is 4.36. The molecule has 5 atom stereocenters. The van der Waals surface area contributed by atoms with Crippen molar-refractivity contribution in [1.82, 2.24) is 0 Å². The van der Waals surface area contributed by atoms with Gasteiger partial charge >= 0.3 is 39.5 Å². The van der Waals surface area contributed by atoms with Gasteiger partial charge in [-0.05, 0) is 148 Å². The number of carbonyl (C=O) groups excluding carboxylic acids is 4. The van der Waals surface area contributed by atoms with Gasteiger partial charge in [-0.2, -0.15) is 0 Å². The third-order valence-electron chi connectivity index (χ3n) is 15.0. The van der Waals surface area contributed by atoms with Crippen molar-refractivity contribution in [3.8, 4) is 0 Å². The number of hydrogen-bond acceptors (Lipinski definition) is 15. The fraction of sp³-hybridized carbons (Fsp3) is 0.630. The molecule has 0 aromatic rings. The van der Waals surface area contributed by atoms with E-state index in [1.54, 1.807) is 6.08 Å². The minimum atomic E-state index is -5.00. The molecule has 0 amide bonds. The molecule has 17 nitrogen and oxygen atoms in total. The molecule has 3 N–H and O–H groups in total. The summed E-state index contributed by atoms with van der Waals surface area (Å²) in [5.41, 5.74) is 0. The van der Waals surface area contributed by atoms with Crippen LogP contribution in [-0.2, 0) is 65.4 Å². The molecule has 0 heterocycles. The van der Waals surface area contributed by atoms with Crippen LogP contribution in [0.5, 0.6) is 0 Å². The van der Waals surface area contributed by atoms with Crippen molar-refractivity contribution < 1.29 is 80.2 Å². The predicted molar refractivity (Wildman–Crippen MR) is 408 cm³/mol. The maximum Gasteiger partial charge on any atom is 0.472 e. The molecular weight excluding hydrogens is 1310 g/mol. The summed E-state index contributed by atoms with van der Waals surface area (Å²) in [5.74, 6) is -2.40. The zero-order valence-corrected chi connectivity index (χ0v) is 63.6. The number of unbranched alkanes of at least 4 members (excludes halogenated alkanes) is 18. The van der Waals surface area contributed by atoms with Gasteiger partial charge in [-0.1, -0.05) is 256 Å². The number of hydrogen-bond donors (Lipinski definition) is 3. The molecule has 0 saturated carbocycles. The van der Waals surface area contributed by atoms with Gasteiger partial charge in [-0.25, -0.2) is 9.13 Å². The Balaban J connectivity index is 5.45. The van der Waals surface area contributed by atoms with Crippen LogP contribution in [0.2, 0.25) is 0 Å². The number of aliphatic hydroxyl groups excluding tert-OH is 1. The molecule has 0 bridgehead atoms. The second-order valence-electron chi connectivity index (χ2n) is 24.5. The molecule has 0 aliphatic heterocycles. The molecule has 0 aliphatic carbocycles. The number of aliphatic hydroxyl groups is 1. The van der Waals surface area contributed by atoms with Crippen molar-refractivity contribution >= 4 is 39.5 Å². The monoisotopic (exact) mass is 1440 g/mol. The van der Waals surface area contributed by atoms with E-state index in [4.69, 9.17) is 37.0 Å². The van der Waals surface area contributed by atoms with E-state index in [0.29, 0.717) is 25.7 Å². The lowest BCUT2D eigenvalue weighted by atomic mass is 10.1. The van der Waals surface area contributed by atoms with Gasteiger partial charge in [0, 0.05) is 19.3 Å². The summed E-state index contributed by atoms with van der Waals surface area (Å²) in [4.78, 5) is 72.7. The van der Waals surface area contributed by atoms with Gasteiger partial charge in [0.15, 0.2) is 12.2 Å². The van der Waals surface area contributed by atoms with E-state index in [0.717, 1.165) is 167 Å². The largest absolute Gasteiger partial charge is 0.472 e. The maximum atomic E-state index is 13.1. The third-order valence-corrected chi connectivity index (χ3v) is 16.9. The summed E-state index contributed by atoms with van der Waals surface area (Å²) in [6.07, 6.45) is 82.7. The van der Waals surface area contributed by atoms with E-state index in [-0.39, 0.29) is 25.7 Å². The molecule has 568 valence electrons. The second kappa shape index (κ2) is 72.0. The Bertz CT molecular complexity index is 2520. The van der Waals surface area contributed by atoms with Crippen molar-refractivity contribution in [2.75, 3.05) is 39.6 Å². The summed E-state index contributed by atoms with van der Waals surface area (Å²) in [6, 6.07) is 0. The van der Waals surface area contributed by atoms with Crippen LogP contribution in [0.15, 0.2) is 158 Å². The van der Waals surface area contributed by atoms with Gasteiger partial charge in [0.25, 0.3) is 0 Å². The lowest BCUT2D eigenvalue weighted by molar-refractivity contribution is -0.161. The molecule has 0 rings (SSSR count). The summed E-state index contributed by atoms with van der Waals surface area (Å²) in [5, 5.41) is 10.6. The zero-order valence-electron chi connectivity index (χ0n) is 61.8. The van der Waals surface area contributed by atoms with Crippen molar-refractivity contribution in [1.29, 1.82) is 0 Å². The minimum absolute atomic E-state index is 0.0536. The van der Waals surface area contributed by atoms with Crippen LogP contribution in [0, 0.1) is 0 Å². The number of carbonyl (C=O) groups is 4. The van der Waals surface area contributed by atoms with E-state index in [2.05, 4.69) is 161 Å². The van der Waals surface area contributed by atoms with Gasteiger partial charge in [0.05, 0.1) is 32.8 Å². The average molecular weight is 1440 g/mol. The van der Waals surface area contributed by atoms with E-state index < -0.39 is 97.5 Å². The van der Waals surface area contributed by atoms with Gasteiger partial charge < -0.3 is 33.8 Å². The molecule has 0 aliphatic rings. The first kappa shape index (κ1) is 94.7. The van der Waals surface area contributed by atoms with Crippen LogP contribution in [0.1, 0.15) is 272 Å². The van der Waals surface area contributed by atoms with Gasteiger partial charge in [0.1, 0.15) is 19.3 Å². The molecular formula is C81H132O17P2. The van der Waals surface area contributed by atoms with Crippen LogP contribution >= 0.6 is 15.6 Å². The molecule has 0 aromatic heterocycles. The third kappa shape index (κ3) is 71.1. The molecule has 0 fully saturated rings. The Morgan fingerprint density at radius 2 is 0.580 bits per heavy atom. The lowest BCUT2D eigenvalue weighted by Gasteiger charge is -2.21. The predicted octanol–water partition coefficient (Wildman–Crippen LogP) is 21.7. The Labute approximate surface area is 604 Å². The minimum Gasteiger partial charge on any atom is -0.462 e. The molecule has 0 radical (unpaired) electrons. The molecule has 5 unspecified atom stereocenters. The Kier molecular flexibility index (Phi) is 68.2. The maximum absolute atomic E-state index is 13.1. The highest BCUT2D eigenvalue weighted by atomic mass is 31.2. The highest BCUT2D eigenvalue weighted by Gasteiger charge is 2.30. The van der Waals surface area contributed by atoms with E-state index in [1.807, 2.05) is 18.2 Å². The van der Waals surface area contributed by atoms with Crippen molar-refractivity contribution in [3.63, 3.8) is 0 Å². The number of ether oxygens (including phenoxy) is 4. The Hall–Kier alpha value is -5.32. The van der Waals surface area contributed by atoms with Crippen LogP contribution < -0.4 is 0 Å². The molecule has 100 heavy (non-hydrogen) atoms. The second-order valence-corrected chi connectivity index (χ2v) is 27.4. The molecule has 0 spiro atoms. The van der Waals surface area contributed by atoms with Crippen molar-refractivity contribution in [3.05, 3.63) is 158 Å².